The Balaban J connectivity index is 1.96. The van der Waals surface area contributed by atoms with Crippen LogP contribution in [0.5, 0.6) is 0 Å². The predicted molar refractivity (Wildman–Crippen MR) is 63.0 cm³/mol. The molecule has 1 aliphatic carbocycles. The van der Waals surface area contributed by atoms with E-state index in [4.69, 9.17) is 10.4 Å². The smallest absolute Gasteiger partial charge is 0.143 e. The van der Waals surface area contributed by atoms with E-state index in [1.807, 2.05) is 0 Å². The van der Waals surface area contributed by atoms with Crippen molar-refractivity contribution in [1.82, 2.24) is 0 Å². The van der Waals surface area contributed by atoms with E-state index in [2.05, 4.69) is 5.32 Å². The van der Waals surface area contributed by atoms with Gasteiger partial charge in [-0.25, -0.2) is 4.39 Å². The molecule has 1 aromatic carbocycles. The number of hydrogen-bond donors (Lipinski definition) is 2. The first-order valence-electron chi connectivity index (χ1n) is 5.73. The van der Waals surface area contributed by atoms with Crippen LogP contribution in [0.3, 0.4) is 0 Å². The molecule has 0 aromatic heterocycles. The molecule has 1 fully saturated rings. The van der Waals surface area contributed by atoms with E-state index in [0.29, 0.717) is 5.69 Å². The highest BCUT2D eigenvalue weighted by atomic mass is 19.1. The summed E-state index contributed by atoms with van der Waals surface area (Å²) < 4.78 is 13.3. The number of nitriles is 1. The van der Waals surface area contributed by atoms with Crippen molar-refractivity contribution in [3.05, 3.63) is 29.6 Å². The van der Waals surface area contributed by atoms with Gasteiger partial charge in [0.05, 0.1) is 5.56 Å². The molecule has 2 N–H and O–H groups in total. The van der Waals surface area contributed by atoms with Crippen LogP contribution >= 0.6 is 0 Å². The van der Waals surface area contributed by atoms with Gasteiger partial charge in [-0.1, -0.05) is 0 Å². The number of benzene rings is 1. The van der Waals surface area contributed by atoms with Crippen molar-refractivity contribution in [2.45, 2.75) is 19.3 Å². The van der Waals surface area contributed by atoms with Gasteiger partial charge in [0.2, 0.25) is 0 Å². The summed E-state index contributed by atoms with van der Waals surface area (Å²) in [5, 5.41) is 20.7. The lowest BCUT2D eigenvalue weighted by atomic mass is 10.0. The van der Waals surface area contributed by atoms with Gasteiger partial charge in [0.25, 0.3) is 0 Å². The van der Waals surface area contributed by atoms with Crippen LogP contribution in [0, 0.1) is 22.6 Å². The maximum Gasteiger partial charge on any atom is 0.143 e. The lowest BCUT2D eigenvalue weighted by Crippen LogP contribution is -2.16. The SMILES string of the molecule is N#Cc1ccc(NCC2(CCO)CC2)cc1F. The molecule has 0 amide bonds. The minimum absolute atomic E-state index is 0.0621. The van der Waals surface area contributed by atoms with E-state index in [1.165, 1.54) is 12.1 Å². The van der Waals surface area contributed by atoms with Gasteiger partial charge in [-0.2, -0.15) is 5.26 Å². The van der Waals surface area contributed by atoms with E-state index in [0.717, 1.165) is 25.8 Å². The number of anilines is 1. The molecule has 0 bridgehead atoms. The van der Waals surface area contributed by atoms with Crippen LogP contribution < -0.4 is 5.32 Å². The first-order valence-corrected chi connectivity index (χ1v) is 5.73. The van der Waals surface area contributed by atoms with Gasteiger partial charge >= 0.3 is 0 Å². The fourth-order valence-electron chi connectivity index (χ4n) is 1.93. The maximum atomic E-state index is 13.3. The van der Waals surface area contributed by atoms with Gasteiger partial charge in [0.1, 0.15) is 11.9 Å². The Hall–Kier alpha value is -1.60. The number of hydrogen-bond acceptors (Lipinski definition) is 3. The highest BCUT2D eigenvalue weighted by molar-refractivity contribution is 5.48. The van der Waals surface area contributed by atoms with Gasteiger partial charge < -0.3 is 10.4 Å². The maximum absolute atomic E-state index is 13.3. The summed E-state index contributed by atoms with van der Waals surface area (Å²) in [6.07, 6.45) is 3.01. The number of aliphatic hydroxyl groups is 1. The molecule has 0 saturated heterocycles. The summed E-state index contributed by atoms with van der Waals surface area (Å²) in [6.45, 7) is 0.947. The average Bonchev–Trinajstić information content (AvgIpc) is 3.08. The molecule has 1 aliphatic rings. The molecule has 17 heavy (non-hydrogen) atoms. The van der Waals surface area contributed by atoms with Crippen molar-refractivity contribution >= 4 is 5.69 Å². The van der Waals surface area contributed by atoms with Crippen LogP contribution in [0.2, 0.25) is 0 Å². The van der Waals surface area contributed by atoms with E-state index < -0.39 is 5.82 Å². The van der Waals surface area contributed by atoms with Crippen molar-refractivity contribution in [1.29, 1.82) is 5.26 Å². The minimum Gasteiger partial charge on any atom is -0.396 e. The quantitative estimate of drug-likeness (QED) is 0.821. The Bertz CT molecular complexity index is 449. The molecule has 0 aliphatic heterocycles. The summed E-state index contributed by atoms with van der Waals surface area (Å²) in [5.41, 5.74) is 0.942. The Morgan fingerprint density at radius 2 is 2.24 bits per heavy atom. The Kier molecular flexibility index (Phi) is 3.30. The molecule has 1 saturated carbocycles. The Morgan fingerprint density at radius 1 is 1.47 bits per heavy atom. The zero-order chi connectivity index (χ0) is 12.3. The van der Waals surface area contributed by atoms with Gasteiger partial charge in [0, 0.05) is 18.8 Å². The molecule has 0 radical (unpaired) electrons. The molecule has 0 unspecified atom stereocenters. The zero-order valence-corrected chi connectivity index (χ0v) is 9.54. The minimum atomic E-state index is -0.496. The van der Waals surface area contributed by atoms with Crippen LogP contribution in [-0.2, 0) is 0 Å². The molecule has 3 nitrogen and oxygen atoms in total. The molecule has 90 valence electrons. The predicted octanol–water partition coefficient (Wildman–Crippen LogP) is 2.27. The normalized spacial score (nSPS) is 16.3. The summed E-state index contributed by atoms with van der Waals surface area (Å²) >= 11 is 0. The second-order valence-corrected chi connectivity index (χ2v) is 4.63. The Morgan fingerprint density at radius 3 is 2.76 bits per heavy atom. The number of nitrogens with one attached hydrogen (secondary N) is 1. The standard InChI is InChI=1S/C13H15FN2O/c14-12-7-11(2-1-10(12)8-15)16-9-13(3-4-13)5-6-17/h1-2,7,16-17H,3-6,9H2. The summed E-state index contributed by atoms with van der Waals surface area (Å²) in [5.74, 6) is -0.496. The van der Waals surface area contributed by atoms with Crippen molar-refractivity contribution in [3.63, 3.8) is 0 Å². The fraction of sp³-hybridized carbons (Fsp3) is 0.462. The average molecular weight is 234 g/mol. The highest BCUT2D eigenvalue weighted by Gasteiger charge is 2.41. The summed E-state index contributed by atoms with van der Waals surface area (Å²) in [4.78, 5) is 0. The Labute approximate surface area is 99.9 Å². The van der Waals surface area contributed by atoms with Crippen molar-refractivity contribution in [3.8, 4) is 6.07 Å². The lowest BCUT2D eigenvalue weighted by Gasteiger charge is -2.15. The number of nitrogens with zero attached hydrogens (tertiary/aromatic N) is 1. The van der Waals surface area contributed by atoms with Crippen LogP contribution in [0.4, 0.5) is 10.1 Å². The lowest BCUT2D eigenvalue weighted by molar-refractivity contribution is 0.253. The molecular weight excluding hydrogens is 219 g/mol. The highest BCUT2D eigenvalue weighted by Crippen LogP contribution is 2.48. The van der Waals surface area contributed by atoms with E-state index >= 15 is 0 Å². The van der Waals surface area contributed by atoms with Gasteiger partial charge in [-0.05, 0) is 42.9 Å². The van der Waals surface area contributed by atoms with Gasteiger partial charge in [-0.15, -0.1) is 0 Å². The third kappa shape index (κ3) is 2.75. The number of halogens is 1. The van der Waals surface area contributed by atoms with Crippen LogP contribution in [-0.4, -0.2) is 18.3 Å². The van der Waals surface area contributed by atoms with Crippen molar-refractivity contribution in [2.75, 3.05) is 18.5 Å². The molecule has 4 heteroatoms. The van der Waals surface area contributed by atoms with Crippen LogP contribution in [0.25, 0.3) is 0 Å². The number of aliphatic hydroxyl groups excluding tert-OH is 1. The summed E-state index contributed by atoms with van der Waals surface area (Å²) in [7, 11) is 0. The molecule has 0 heterocycles. The van der Waals surface area contributed by atoms with Crippen molar-refractivity contribution < 1.29 is 9.50 Å². The molecular formula is C13H15FN2O. The van der Waals surface area contributed by atoms with E-state index in [1.54, 1.807) is 12.1 Å². The molecule has 1 aromatic rings. The molecule has 0 spiro atoms. The van der Waals surface area contributed by atoms with Crippen LogP contribution in [0.1, 0.15) is 24.8 Å². The second-order valence-electron chi connectivity index (χ2n) is 4.63. The van der Waals surface area contributed by atoms with Crippen LogP contribution in [0.15, 0.2) is 18.2 Å². The van der Waals surface area contributed by atoms with Crippen molar-refractivity contribution in [2.24, 2.45) is 5.41 Å². The summed E-state index contributed by atoms with van der Waals surface area (Å²) in [6, 6.07) is 6.31. The molecule has 0 atom stereocenters. The largest absolute Gasteiger partial charge is 0.396 e. The second kappa shape index (κ2) is 4.72. The fourth-order valence-corrected chi connectivity index (χ4v) is 1.93. The van der Waals surface area contributed by atoms with Gasteiger partial charge in [-0.3, -0.25) is 0 Å². The number of rotatable bonds is 5. The van der Waals surface area contributed by atoms with E-state index in [9.17, 15) is 4.39 Å². The topological polar surface area (TPSA) is 56.0 Å². The first-order chi connectivity index (χ1) is 8.19. The third-order valence-corrected chi connectivity index (χ3v) is 3.36. The van der Waals surface area contributed by atoms with Gasteiger partial charge in [0.15, 0.2) is 0 Å². The zero-order valence-electron chi connectivity index (χ0n) is 9.54. The third-order valence-electron chi connectivity index (χ3n) is 3.36. The molecule has 2 rings (SSSR count). The monoisotopic (exact) mass is 234 g/mol. The first kappa shape index (κ1) is 11.9. The van der Waals surface area contributed by atoms with E-state index in [-0.39, 0.29) is 17.6 Å².